The van der Waals surface area contributed by atoms with E-state index >= 15 is 0 Å². The van der Waals surface area contributed by atoms with E-state index in [1.807, 2.05) is 6.92 Å². The van der Waals surface area contributed by atoms with Gasteiger partial charge in [-0.05, 0) is 18.6 Å². The van der Waals surface area contributed by atoms with E-state index in [2.05, 4.69) is 15.0 Å². The van der Waals surface area contributed by atoms with Crippen molar-refractivity contribution in [3.8, 4) is 0 Å². The van der Waals surface area contributed by atoms with Crippen molar-refractivity contribution in [2.45, 2.75) is 18.2 Å². The zero-order valence-electron chi connectivity index (χ0n) is 11.0. The van der Waals surface area contributed by atoms with Crippen molar-refractivity contribution < 1.29 is 16.8 Å². The quantitative estimate of drug-likeness (QED) is 0.589. The van der Waals surface area contributed by atoms with Crippen LogP contribution in [0.25, 0.3) is 0 Å². The number of primary sulfonamides is 1. The molecule has 0 aliphatic heterocycles. The van der Waals surface area contributed by atoms with Gasteiger partial charge in [-0.1, -0.05) is 6.92 Å². The van der Waals surface area contributed by atoms with Crippen LogP contribution in [0.5, 0.6) is 0 Å². The third-order valence-electron chi connectivity index (χ3n) is 2.28. The summed E-state index contributed by atoms with van der Waals surface area (Å²) in [6, 6.07) is 2.88. The summed E-state index contributed by atoms with van der Waals surface area (Å²) in [7, 11) is -7.55. The molecule has 1 aromatic rings. The maximum atomic E-state index is 12.1. The summed E-state index contributed by atoms with van der Waals surface area (Å²) in [5.41, 5.74) is 0. The number of aromatic nitrogens is 1. The molecule has 0 fully saturated rings. The number of nitrogens with zero attached hydrogens (tertiary/aromatic N) is 1. The molecule has 114 valence electrons. The molecule has 0 bridgehead atoms. The fraction of sp³-hybridized carbons (Fsp3) is 0.500. The highest BCUT2D eigenvalue weighted by molar-refractivity contribution is 7.90. The first kappa shape index (κ1) is 16.8. The Labute approximate surface area is 118 Å². The van der Waals surface area contributed by atoms with Crippen molar-refractivity contribution in [1.82, 2.24) is 9.71 Å². The lowest BCUT2D eigenvalue weighted by Gasteiger charge is -2.11. The van der Waals surface area contributed by atoms with Gasteiger partial charge in [0, 0.05) is 19.3 Å². The predicted octanol–water partition coefficient (Wildman–Crippen LogP) is -0.530. The number of sulfonamides is 2. The molecule has 8 nitrogen and oxygen atoms in total. The Kier molecular flexibility index (Phi) is 5.87. The highest BCUT2D eigenvalue weighted by Crippen LogP contribution is 2.17. The number of nitrogens with two attached hydrogens (primary N) is 1. The standard InChI is InChI=1S/C10H18N4O4S2/c1-2-5-12-10-9(4-3-6-13-10)20(17,18)14-7-8-19(11,15)16/h3-4,6,14H,2,5,7-8H2,1H3,(H,12,13)(H2,11,15,16). The molecule has 0 atom stereocenters. The van der Waals surface area contributed by atoms with E-state index in [1.165, 1.54) is 18.3 Å². The Morgan fingerprint density at radius 3 is 2.55 bits per heavy atom. The van der Waals surface area contributed by atoms with Gasteiger partial charge >= 0.3 is 0 Å². The average Bonchev–Trinajstić information content (AvgIpc) is 2.34. The second kappa shape index (κ2) is 6.97. The molecule has 0 radical (unpaired) electrons. The molecule has 10 heteroatoms. The van der Waals surface area contributed by atoms with Crippen molar-refractivity contribution in [2.24, 2.45) is 5.14 Å². The Morgan fingerprint density at radius 2 is 1.95 bits per heavy atom. The zero-order chi connectivity index (χ0) is 15.2. The maximum absolute atomic E-state index is 12.1. The van der Waals surface area contributed by atoms with Crippen LogP contribution < -0.4 is 15.2 Å². The van der Waals surface area contributed by atoms with E-state index in [9.17, 15) is 16.8 Å². The van der Waals surface area contributed by atoms with Crippen molar-refractivity contribution >= 4 is 25.9 Å². The topological polar surface area (TPSA) is 131 Å². The molecule has 0 unspecified atom stereocenters. The maximum Gasteiger partial charge on any atom is 0.244 e. The highest BCUT2D eigenvalue weighted by atomic mass is 32.2. The van der Waals surface area contributed by atoms with Gasteiger partial charge < -0.3 is 5.32 Å². The van der Waals surface area contributed by atoms with Crippen LogP contribution in [-0.4, -0.2) is 40.7 Å². The number of hydrogen-bond donors (Lipinski definition) is 3. The Balaban J connectivity index is 2.86. The summed E-state index contributed by atoms with van der Waals surface area (Å²) < 4.78 is 47.9. The number of pyridine rings is 1. The highest BCUT2D eigenvalue weighted by Gasteiger charge is 2.19. The molecule has 0 aromatic carbocycles. The van der Waals surface area contributed by atoms with Gasteiger partial charge in [0.25, 0.3) is 0 Å². The summed E-state index contributed by atoms with van der Waals surface area (Å²) in [4.78, 5) is 3.94. The van der Waals surface area contributed by atoms with E-state index < -0.39 is 25.8 Å². The van der Waals surface area contributed by atoms with Crippen LogP contribution >= 0.6 is 0 Å². The molecule has 20 heavy (non-hydrogen) atoms. The van der Waals surface area contributed by atoms with Crippen LogP contribution in [-0.2, 0) is 20.0 Å². The molecule has 1 aromatic heterocycles. The van der Waals surface area contributed by atoms with E-state index in [0.29, 0.717) is 6.54 Å². The summed E-state index contributed by atoms with van der Waals surface area (Å²) in [6.07, 6.45) is 2.29. The number of nitrogens with one attached hydrogen (secondary N) is 2. The van der Waals surface area contributed by atoms with Crippen molar-refractivity contribution in [1.29, 1.82) is 0 Å². The predicted molar refractivity (Wildman–Crippen MR) is 76.2 cm³/mol. The van der Waals surface area contributed by atoms with Gasteiger partial charge in [0.1, 0.15) is 10.7 Å². The first-order chi connectivity index (χ1) is 9.26. The second-order valence-corrected chi connectivity index (χ2v) is 7.51. The lowest BCUT2D eigenvalue weighted by Crippen LogP contribution is -2.32. The van der Waals surface area contributed by atoms with E-state index in [-0.39, 0.29) is 17.3 Å². The minimum absolute atomic E-state index is 0.0251. The average molecular weight is 322 g/mol. The largest absolute Gasteiger partial charge is 0.369 e. The zero-order valence-corrected chi connectivity index (χ0v) is 12.7. The summed E-state index contributed by atoms with van der Waals surface area (Å²) in [5.74, 6) is -0.234. The van der Waals surface area contributed by atoms with Crippen molar-refractivity contribution in [2.75, 3.05) is 24.2 Å². The summed E-state index contributed by atoms with van der Waals surface area (Å²) >= 11 is 0. The second-order valence-electron chi connectivity index (χ2n) is 4.04. The minimum atomic E-state index is -3.84. The first-order valence-corrected chi connectivity index (χ1v) is 9.15. The molecule has 1 heterocycles. The molecule has 0 amide bonds. The number of anilines is 1. The normalized spacial score (nSPS) is 12.3. The third kappa shape index (κ3) is 5.41. The SMILES string of the molecule is CCCNc1ncccc1S(=O)(=O)NCCS(N)(=O)=O. The van der Waals surface area contributed by atoms with Crippen LogP contribution in [0.4, 0.5) is 5.82 Å². The first-order valence-electron chi connectivity index (χ1n) is 5.95. The molecule has 0 spiro atoms. The Hall–Kier alpha value is -1.23. The van der Waals surface area contributed by atoms with Crippen LogP contribution in [0.2, 0.25) is 0 Å². The fourth-order valence-corrected chi connectivity index (χ4v) is 3.06. The third-order valence-corrected chi connectivity index (χ3v) is 4.55. The lowest BCUT2D eigenvalue weighted by molar-refractivity contribution is 0.581. The van der Waals surface area contributed by atoms with Crippen LogP contribution in [0.3, 0.4) is 0 Å². The van der Waals surface area contributed by atoms with Crippen molar-refractivity contribution in [3.63, 3.8) is 0 Å². The monoisotopic (exact) mass is 322 g/mol. The molecule has 0 saturated carbocycles. The van der Waals surface area contributed by atoms with Gasteiger partial charge in [-0.15, -0.1) is 0 Å². The van der Waals surface area contributed by atoms with Crippen LogP contribution in [0.15, 0.2) is 23.2 Å². The van der Waals surface area contributed by atoms with Gasteiger partial charge in [-0.3, -0.25) is 0 Å². The molecule has 0 aliphatic carbocycles. The molecule has 0 aliphatic rings. The van der Waals surface area contributed by atoms with E-state index in [4.69, 9.17) is 5.14 Å². The number of rotatable bonds is 8. The van der Waals surface area contributed by atoms with Crippen LogP contribution in [0, 0.1) is 0 Å². The molecule has 1 rings (SSSR count). The minimum Gasteiger partial charge on any atom is -0.369 e. The molecular weight excluding hydrogens is 304 g/mol. The fourth-order valence-electron chi connectivity index (χ4n) is 1.38. The van der Waals surface area contributed by atoms with Gasteiger partial charge in [0.15, 0.2) is 0 Å². The Morgan fingerprint density at radius 1 is 1.25 bits per heavy atom. The summed E-state index contributed by atoms with van der Waals surface area (Å²) in [5, 5.41) is 7.71. The van der Waals surface area contributed by atoms with Crippen molar-refractivity contribution in [3.05, 3.63) is 18.3 Å². The molecular formula is C10H18N4O4S2. The van der Waals surface area contributed by atoms with Gasteiger partial charge in [-0.2, -0.15) is 0 Å². The van der Waals surface area contributed by atoms with Crippen LogP contribution in [0.1, 0.15) is 13.3 Å². The number of hydrogen-bond acceptors (Lipinski definition) is 6. The van der Waals surface area contributed by atoms with E-state index in [0.717, 1.165) is 6.42 Å². The smallest absolute Gasteiger partial charge is 0.244 e. The Bertz CT molecular complexity index is 643. The van der Waals surface area contributed by atoms with E-state index in [1.54, 1.807) is 0 Å². The van der Waals surface area contributed by atoms with Gasteiger partial charge in [0.05, 0.1) is 5.75 Å². The molecule has 4 N–H and O–H groups in total. The van der Waals surface area contributed by atoms with Gasteiger partial charge in [-0.25, -0.2) is 31.7 Å². The lowest BCUT2D eigenvalue weighted by atomic mass is 10.4. The van der Waals surface area contributed by atoms with Gasteiger partial charge in [0.2, 0.25) is 20.0 Å². The molecule has 0 saturated heterocycles. The summed E-state index contributed by atoms with van der Waals surface area (Å²) in [6.45, 7) is 2.23.